The molecule has 1 fully saturated rings. The molecule has 1 aliphatic rings. The molecule has 0 aromatic carbocycles. The van der Waals surface area contributed by atoms with Crippen LogP contribution in [0.2, 0.25) is 0 Å². The van der Waals surface area contributed by atoms with E-state index in [1.807, 2.05) is 0 Å². The first-order chi connectivity index (χ1) is 7.68. The van der Waals surface area contributed by atoms with Crippen LogP contribution in [0.3, 0.4) is 0 Å². The number of hydrogen-bond donors (Lipinski definition) is 4. The van der Waals surface area contributed by atoms with Gasteiger partial charge in [-0.2, -0.15) is 0 Å². The predicted molar refractivity (Wildman–Crippen MR) is 66.5 cm³/mol. The van der Waals surface area contributed by atoms with E-state index in [9.17, 15) is 5.11 Å². The maximum absolute atomic E-state index is 10.5. The SMILES string of the molecule is CC1(C)CC(O)(OCNCCO)CC(C)(C)N1. The van der Waals surface area contributed by atoms with Crippen molar-refractivity contribution in [2.24, 2.45) is 0 Å². The van der Waals surface area contributed by atoms with Gasteiger partial charge in [0.15, 0.2) is 5.79 Å². The highest BCUT2D eigenvalue weighted by Gasteiger charge is 2.46. The van der Waals surface area contributed by atoms with E-state index < -0.39 is 5.79 Å². The van der Waals surface area contributed by atoms with E-state index in [1.54, 1.807) is 0 Å². The minimum atomic E-state index is -1.11. The Morgan fingerprint density at radius 2 is 1.71 bits per heavy atom. The fourth-order valence-corrected chi connectivity index (χ4v) is 2.89. The summed E-state index contributed by atoms with van der Waals surface area (Å²) in [7, 11) is 0. The van der Waals surface area contributed by atoms with Gasteiger partial charge in [0.05, 0.1) is 6.61 Å². The van der Waals surface area contributed by atoms with Crippen molar-refractivity contribution in [1.29, 1.82) is 0 Å². The molecule has 0 unspecified atom stereocenters. The molecule has 0 spiro atoms. The van der Waals surface area contributed by atoms with Crippen LogP contribution in [0.4, 0.5) is 0 Å². The lowest BCUT2D eigenvalue weighted by Gasteiger charge is -2.50. The highest BCUT2D eigenvalue weighted by molar-refractivity contribution is 5.00. The smallest absolute Gasteiger partial charge is 0.170 e. The second kappa shape index (κ2) is 5.20. The molecule has 0 aliphatic carbocycles. The number of aliphatic hydroxyl groups excluding tert-OH is 1. The molecule has 0 radical (unpaired) electrons. The Balaban J connectivity index is 2.55. The Bertz CT molecular complexity index is 238. The maximum Gasteiger partial charge on any atom is 0.170 e. The van der Waals surface area contributed by atoms with Crippen molar-refractivity contribution in [1.82, 2.24) is 10.6 Å². The number of piperidine rings is 1. The second-order valence-corrected chi connectivity index (χ2v) is 6.20. The van der Waals surface area contributed by atoms with Crippen LogP contribution in [-0.2, 0) is 4.74 Å². The van der Waals surface area contributed by atoms with E-state index in [1.165, 1.54) is 0 Å². The summed E-state index contributed by atoms with van der Waals surface area (Å²) in [6.45, 7) is 9.03. The number of aliphatic hydroxyl groups is 2. The molecule has 5 nitrogen and oxygen atoms in total. The van der Waals surface area contributed by atoms with Crippen LogP contribution >= 0.6 is 0 Å². The molecule has 5 heteroatoms. The summed E-state index contributed by atoms with van der Waals surface area (Å²) in [6.07, 6.45) is 1.09. The van der Waals surface area contributed by atoms with Crippen LogP contribution in [0.15, 0.2) is 0 Å². The molecule has 1 rings (SSSR count). The Kier molecular flexibility index (Phi) is 4.54. The third-order valence-electron chi connectivity index (χ3n) is 2.84. The first-order valence-corrected chi connectivity index (χ1v) is 6.15. The van der Waals surface area contributed by atoms with Crippen molar-refractivity contribution < 1.29 is 14.9 Å². The van der Waals surface area contributed by atoms with Gasteiger partial charge in [0.25, 0.3) is 0 Å². The first-order valence-electron chi connectivity index (χ1n) is 6.15. The van der Waals surface area contributed by atoms with Crippen LogP contribution in [0.25, 0.3) is 0 Å². The molecular formula is C12H26N2O3. The Morgan fingerprint density at radius 1 is 1.18 bits per heavy atom. The second-order valence-electron chi connectivity index (χ2n) is 6.20. The number of nitrogens with one attached hydrogen (secondary N) is 2. The monoisotopic (exact) mass is 246 g/mol. The van der Waals surface area contributed by atoms with Gasteiger partial charge in [0.2, 0.25) is 0 Å². The van der Waals surface area contributed by atoms with Crippen LogP contribution in [-0.4, -0.2) is 47.0 Å². The van der Waals surface area contributed by atoms with E-state index >= 15 is 0 Å². The average Bonchev–Trinajstić information content (AvgIpc) is 2.06. The molecule has 0 amide bonds. The Labute approximate surface area is 104 Å². The van der Waals surface area contributed by atoms with Crippen molar-refractivity contribution in [3.8, 4) is 0 Å². The predicted octanol–water partition coefficient (Wildman–Crippen LogP) is 0.172. The van der Waals surface area contributed by atoms with Gasteiger partial charge in [-0.3, -0.25) is 5.32 Å². The van der Waals surface area contributed by atoms with Gasteiger partial charge >= 0.3 is 0 Å². The molecule has 1 heterocycles. The molecule has 1 aliphatic heterocycles. The molecular weight excluding hydrogens is 220 g/mol. The zero-order valence-corrected chi connectivity index (χ0v) is 11.3. The highest BCUT2D eigenvalue weighted by Crippen LogP contribution is 2.36. The molecule has 17 heavy (non-hydrogen) atoms. The van der Waals surface area contributed by atoms with E-state index in [2.05, 4.69) is 38.3 Å². The van der Waals surface area contributed by atoms with E-state index in [4.69, 9.17) is 9.84 Å². The molecule has 1 saturated heterocycles. The van der Waals surface area contributed by atoms with Crippen molar-refractivity contribution in [3.63, 3.8) is 0 Å². The molecule has 0 atom stereocenters. The summed E-state index contributed by atoms with van der Waals surface area (Å²) in [5.74, 6) is -1.11. The summed E-state index contributed by atoms with van der Waals surface area (Å²) >= 11 is 0. The fourth-order valence-electron chi connectivity index (χ4n) is 2.89. The Morgan fingerprint density at radius 3 is 2.18 bits per heavy atom. The van der Waals surface area contributed by atoms with Gasteiger partial charge < -0.3 is 20.3 Å². The zero-order valence-electron chi connectivity index (χ0n) is 11.3. The highest BCUT2D eigenvalue weighted by atomic mass is 16.6. The summed E-state index contributed by atoms with van der Waals surface area (Å²) in [6, 6.07) is 0. The fraction of sp³-hybridized carbons (Fsp3) is 1.00. The van der Waals surface area contributed by atoms with Gasteiger partial charge in [-0.05, 0) is 27.7 Å². The third-order valence-corrected chi connectivity index (χ3v) is 2.84. The molecule has 0 aromatic heterocycles. The lowest BCUT2D eigenvalue weighted by atomic mass is 9.79. The molecule has 0 aromatic rings. The minimum Gasteiger partial charge on any atom is -0.395 e. The molecule has 102 valence electrons. The van der Waals surface area contributed by atoms with Crippen molar-refractivity contribution >= 4 is 0 Å². The lowest BCUT2D eigenvalue weighted by molar-refractivity contribution is -0.246. The normalized spacial score (nSPS) is 25.8. The number of ether oxygens (including phenoxy) is 1. The largest absolute Gasteiger partial charge is 0.395 e. The van der Waals surface area contributed by atoms with Gasteiger partial charge in [-0.25, -0.2) is 0 Å². The summed E-state index contributed by atoms with van der Waals surface area (Å²) < 4.78 is 5.54. The van der Waals surface area contributed by atoms with Crippen LogP contribution < -0.4 is 10.6 Å². The van der Waals surface area contributed by atoms with Crippen molar-refractivity contribution in [2.45, 2.75) is 57.4 Å². The van der Waals surface area contributed by atoms with Crippen molar-refractivity contribution in [2.75, 3.05) is 19.9 Å². The average molecular weight is 246 g/mol. The third kappa shape index (κ3) is 4.89. The Hall–Kier alpha value is -0.200. The summed E-state index contributed by atoms with van der Waals surface area (Å²) in [4.78, 5) is 0. The van der Waals surface area contributed by atoms with Crippen LogP contribution in [0.1, 0.15) is 40.5 Å². The molecule has 4 N–H and O–H groups in total. The van der Waals surface area contributed by atoms with Crippen molar-refractivity contribution in [3.05, 3.63) is 0 Å². The lowest BCUT2D eigenvalue weighted by Crippen LogP contribution is -2.64. The zero-order chi connectivity index (χ0) is 13.2. The van der Waals surface area contributed by atoms with Crippen LogP contribution in [0, 0.1) is 0 Å². The van der Waals surface area contributed by atoms with E-state index in [-0.39, 0.29) is 24.4 Å². The quantitative estimate of drug-likeness (QED) is 0.411. The molecule has 0 saturated carbocycles. The topological polar surface area (TPSA) is 73.8 Å². The minimum absolute atomic E-state index is 0.0698. The summed E-state index contributed by atoms with van der Waals surface area (Å²) in [5, 5.41) is 25.5. The van der Waals surface area contributed by atoms with Gasteiger partial charge in [0.1, 0.15) is 6.73 Å². The summed E-state index contributed by atoms with van der Waals surface area (Å²) in [5.41, 5.74) is -0.318. The first kappa shape index (κ1) is 14.9. The van der Waals surface area contributed by atoms with Gasteiger partial charge in [-0.15, -0.1) is 0 Å². The maximum atomic E-state index is 10.5. The van der Waals surface area contributed by atoms with Crippen LogP contribution in [0.5, 0.6) is 0 Å². The molecule has 0 bridgehead atoms. The van der Waals surface area contributed by atoms with Gasteiger partial charge in [0, 0.05) is 30.5 Å². The van der Waals surface area contributed by atoms with Gasteiger partial charge in [-0.1, -0.05) is 0 Å². The van der Waals surface area contributed by atoms with E-state index in [0.717, 1.165) is 0 Å². The van der Waals surface area contributed by atoms with E-state index in [0.29, 0.717) is 19.4 Å². The number of rotatable bonds is 5. The number of hydrogen-bond acceptors (Lipinski definition) is 5. The standard InChI is InChI=1S/C12H26N2O3/c1-10(2)7-12(16,8-11(3,4)14-10)17-9-13-5-6-15/h13-16H,5-9H2,1-4H3.